The van der Waals surface area contributed by atoms with Gasteiger partial charge in [-0.2, -0.15) is 5.26 Å². The minimum Gasteiger partial charge on any atom is -0.340 e. The Hall–Kier alpha value is -2.33. The maximum atomic E-state index is 12.6. The highest BCUT2D eigenvalue weighted by Gasteiger charge is 2.20. The SMILES string of the molecule is CSc1ccc(CN(C)C(=O)CN2CCN(Cc3ccc(C#N)cc3)CC2)cc1. The second kappa shape index (κ2) is 10.4. The first-order valence-corrected chi connectivity index (χ1v) is 11.1. The van der Waals surface area contributed by atoms with E-state index < -0.39 is 0 Å². The number of rotatable bonds is 7. The Morgan fingerprint density at radius 3 is 2.17 bits per heavy atom. The summed E-state index contributed by atoms with van der Waals surface area (Å²) in [7, 11) is 1.88. The number of amides is 1. The van der Waals surface area contributed by atoms with E-state index in [0.717, 1.165) is 38.3 Å². The smallest absolute Gasteiger partial charge is 0.236 e. The summed E-state index contributed by atoms with van der Waals surface area (Å²) in [5.74, 6) is 0.166. The molecule has 1 fully saturated rings. The number of hydrogen-bond donors (Lipinski definition) is 0. The predicted molar refractivity (Wildman–Crippen MR) is 118 cm³/mol. The van der Waals surface area contributed by atoms with E-state index in [1.54, 1.807) is 11.8 Å². The minimum atomic E-state index is 0.166. The van der Waals surface area contributed by atoms with Crippen molar-refractivity contribution in [1.82, 2.24) is 14.7 Å². The molecule has 1 aliphatic rings. The van der Waals surface area contributed by atoms with Crippen LogP contribution >= 0.6 is 11.8 Å². The van der Waals surface area contributed by atoms with Crippen LogP contribution in [0.2, 0.25) is 0 Å². The predicted octanol–water partition coefficient (Wildman–Crippen LogP) is 3.06. The van der Waals surface area contributed by atoms with Crippen LogP contribution in [0.3, 0.4) is 0 Å². The molecule has 0 radical (unpaired) electrons. The van der Waals surface area contributed by atoms with Gasteiger partial charge in [-0.1, -0.05) is 24.3 Å². The van der Waals surface area contributed by atoms with E-state index in [4.69, 9.17) is 5.26 Å². The van der Waals surface area contributed by atoms with E-state index in [0.29, 0.717) is 18.7 Å². The third kappa shape index (κ3) is 6.33. The number of benzene rings is 2. The van der Waals surface area contributed by atoms with Gasteiger partial charge in [-0.3, -0.25) is 14.6 Å². The number of thioether (sulfide) groups is 1. The van der Waals surface area contributed by atoms with E-state index in [1.165, 1.54) is 10.5 Å². The average molecular weight is 409 g/mol. The molecule has 0 saturated carbocycles. The molecule has 29 heavy (non-hydrogen) atoms. The quantitative estimate of drug-likeness (QED) is 0.659. The van der Waals surface area contributed by atoms with Gasteiger partial charge in [0.05, 0.1) is 18.2 Å². The maximum Gasteiger partial charge on any atom is 0.236 e. The number of likely N-dealkylation sites (N-methyl/N-ethyl adjacent to an activating group) is 1. The molecule has 0 aliphatic carbocycles. The largest absolute Gasteiger partial charge is 0.340 e. The number of nitriles is 1. The number of hydrogen-bond acceptors (Lipinski definition) is 5. The molecule has 1 aliphatic heterocycles. The fraction of sp³-hybridized carbons (Fsp3) is 0.391. The molecule has 152 valence electrons. The van der Waals surface area contributed by atoms with Crippen LogP contribution in [-0.4, -0.2) is 66.6 Å². The van der Waals surface area contributed by atoms with Crippen molar-refractivity contribution in [2.24, 2.45) is 0 Å². The summed E-state index contributed by atoms with van der Waals surface area (Å²) in [5, 5.41) is 8.90. The normalized spacial score (nSPS) is 15.1. The van der Waals surface area contributed by atoms with Crippen LogP contribution in [0.15, 0.2) is 53.4 Å². The lowest BCUT2D eigenvalue weighted by Gasteiger charge is -2.35. The molecule has 0 atom stereocenters. The zero-order valence-corrected chi connectivity index (χ0v) is 18.0. The van der Waals surface area contributed by atoms with Crippen LogP contribution < -0.4 is 0 Å². The molecule has 0 unspecified atom stereocenters. The van der Waals surface area contributed by atoms with Crippen LogP contribution in [0.4, 0.5) is 0 Å². The summed E-state index contributed by atoms with van der Waals surface area (Å²) in [4.78, 5) is 20.3. The van der Waals surface area contributed by atoms with Crippen LogP contribution in [-0.2, 0) is 17.9 Å². The molecular formula is C23H28N4OS. The lowest BCUT2D eigenvalue weighted by atomic mass is 10.1. The van der Waals surface area contributed by atoms with Gasteiger partial charge in [-0.15, -0.1) is 11.8 Å². The molecule has 0 bridgehead atoms. The van der Waals surface area contributed by atoms with E-state index in [1.807, 2.05) is 36.2 Å². The lowest BCUT2D eigenvalue weighted by molar-refractivity contribution is -0.132. The summed E-state index contributed by atoms with van der Waals surface area (Å²) >= 11 is 1.72. The van der Waals surface area contributed by atoms with Crippen molar-refractivity contribution in [3.63, 3.8) is 0 Å². The zero-order chi connectivity index (χ0) is 20.6. The first kappa shape index (κ1) is 21.4. The second-order valence-corrected chi connectivity index (χ2v) is 8.34. The Balaban J connectivity index is 1.41. The first-order valence-electron chi connectivity index (χ1n) is 9.88. The Labute approximate surface area is 177 Å². The van der Waals surface area contributed by atoms with Gasteiger partial charge in [-0.05, 0) is 41.6 Å². The third-order valence-electron chi connectivity index (χ3n) is 5.32. The number of piperazine rings is 1. The van der Waals surface area contributed by atoms with Crippen molar-refractivity contribution >= 4 is 17.7 Å². The van der Waals surface area contributed by atoms with Gasteiger partial charge >= 0.3 is 0 Å². The molecule has 0 spiro atoms. The van der Waals surface area contributed by atoms with Gasteiger partial charge in [-0.25, -0.2) is 0 Å². The molecule has 0 N–H and O–H groups in total. The minimum absolute atomic E-state index is 0.166. The van der Waals surface area contributed by atoms with E-state index in [-0.39, 0.29) is 5.91 Å². The summed E-state index contributed by atoms with van der Waals surface area (Å²) in [6, 6.07) is 18.3. The molecule has 2 aromatic carbocycles. The fourth-order valence-corrected chi connectivity index (χ4v) is 3.86. The van der Waals surface area contributed by atoms with Crippen LogP contribution in [0.25, 0.3) is 0 Å². The molecule has 1 amide bonds. The third-order valence-corrected chi connectivity index (χ3v) is 6.06. The highest BCUT2D eigenvalue weighted by molar-refractivity contribution is 7.98. The van der Waals surface area contributed by atoms with Crippen molar-refractivity contribution in [2.45, 2.75) is 18.0 Å². The highest BCUT2D eigenvalue weighted by atomic mass is 32.2. The standard InChI is InChI=1S/C23H28N4OS/c1-25(16-20-7-9-22(29-2)10-8-20)23(28)18-27-13-11-26(12-14-27)17-21-5-3-19(15-24)4-6-21/h3-10H,11-14,16-18H2,1-2H3. The van der Waals surface area contributed by atoms with Gasteiger partial charge in [0.15, 0.2) is 0 Å². The van der Waals surface area contributed by atoms with Gasteiger partial charge in [0.1, 0.15) is 0 Å². The molecule has 2 aromatic rings. The van der Waals surface area contributed by atoms with Crippen molar-refractivity contribution in [2.75, 3.05) is 46.0 Å². The summed E-state index contributed by atoms with van der Waals surface area (Å²) in [6.45, 7) is 5.71. The zero-order valence-electron chi connectivity index (χ0n) is 17.2. The number of nitrogens with zero attached hydrogens (tertiary/aromatic N) is 4. The number of carbonyl (C=O) groups excluding carboxylic acids is 1. The van der Waals surface area contributed by atoms with Crippen LogP contribution in [0.1, 0.15) is 16.7 Å². The van der Waals surface area contributed by atoms with Gasteiger partial charge in [0, 0.05) is 51.2 Å². The Morgan fingerprint density at radius 1 is 1.00 bits per heavy atom. The van der Waals surface area contributed by atoms with Crippen molar-refractivity contribution in [3.8, 4) is 6.07 Å². The van der Waals surface area contributed by atoms with Crippen molar-refractivity contribution < 1.29 is 4.79 Å². The summed E-state index contributed by atoms with van der Waals surface area (Å²) in [5.41, 5.74) is 3.08. The molecule has 1 saturated heterocycles. The van der Waals surface area contributed by atoms with Gasteiger partial charge in [0.25, 0.3) is 0 Å². The van der Waals surface area contributed by atoms with E-state index in [9.17, 15) is 4.79 Å². The monoisotopic (exact) mass is 408 g/mol. The topological polar surface area (TPSA) is 50.6 Å². The molecular weight excluding hydrogens is 380 g/mol. The Kier molecular flexibility index (Phi) is 7.70. The van der Waals surface area contributed by atoms with Crippen LogP contribution in [0, 0.1) is 11.3 Å². The molecule has 3 rings (SSSR count). The second-order valence-electron chi connectivity index (χ2n) is 7.46. The summed E-state index contributed by atoms with van der Waals surface area (Å²) in [6.07, 6.45) is 2.06. The Bertz CT molecular complexity index is 837. The molecule has 5 nitrogen and oxygen atoms in total. The van der Waals surface area contributed by atoms with Crippen LogP contribution in [0.5, 0.6) is 0 Å². The van der Waals surface area contributed by atoms with Gasteiger partial charge in [0.2, 0.25) is 5.91 Å². The van der Waals surface area contributed by atoms with E-state index in [2.05, 4.69) is 46.4 Å². The first-order chi connectivity index (χ1) is 14.1. The molecule has 0 aromatic heterocycles. The maximum absolute atomic E-state index is 12.6. The lowest BCUT2D eigenvalue weighted by Crippen LogP contribution is -2.49. The van der Waals surface area contributed by atoms with Crippen molar-refractivity contribution in [3.05, 3.63) is 65.2 Å². The summed E-state index contributed by atoms with van der Waals surface area (Å²) < 4.78 is 0. The van der Waals surface area contributed by atoms with Crippen molar-refractivity contribution in [1.29, 1.82) is 5.26 Å². The fourth-order valence-electron chi connectivity index (χ4n) is 3.45. The van der Waals surface area contributed by atoms with Gasteiger partial charge < -0.3 is 4.90 Å². The number of carbonyl (C=O) groups is 1. The molecule has 6 heteroatoms. The Morgan fingerprint density at radius 2 is 1.59 bits per heavy atom. The average Bonchev–Trinajstić information content (AvgIpc) is 2.76. The molecule has 1 heterocycles. The van der Waals surface area contributed by atoms with E-state index >= 15 is 0 Å². The highest BCUT2D eigenvalue weighted by Crippen LogP contribution is 2.16.